The Morgan fingerprint density at radius 1 is 1.14 bits per heavy atom. The summed E-state index contributed by atoms with van der Waals surface area (Å²) in [4.78, 5) is 0. The molecule has 0 saturated heterocycles. The number of hydrogen-bond acceptors (Lipinski definition) is 1. The molecule has 21 heavy (non-hydrogen) atoms. The minimum atomic E-state index is -0.580. The van der Waals surface area contributed by atoms with E-state index in [1.54, 1.807) is 12.1 Å². The minimum absolute atomic E-state index is 0.287. The summed E-state index contributed by atoms with van der Waals surface area (Å²) >= 11 is 6.04. The number of nitrogens with zero attached hydrogens (tertiary/aromatic N) is 1. The lowest BCUT2D eigenvalue weighted by molar-refractivity contribution is 0.600. The second-order valence-corrected chi connectivity index (χ2v) is 5.82. The van der Waals surface area contributed by atoms with Gasteiger partial charge in [-0.15, -0.1) is 0 Å². The van der Waals surface area contributed by atoms with E-state index in [4.69, 9.17) is 11.6 Å². The second kappa shape index (κ2) is 6.74. The van der Waals surface area contributed by atoms with Gasteiger partial charge in [-0.3, -0.25) is 0 Å². The van der Waals surface area contributed by atoms with Crippen molar-refractivity contribution < 1.29 is 4.39 Å². The summed E-state index contributed by atoms with van der Waals surface area (Å²) in [7, 11) is 0. The van der Waals surface area contributed by atoms with E-state index in [0.29, 0.717) is 17.4 Å². The van der Waals surface area contributed by atoms with Crippen molar-refractivity contribution in [1.82, 2.24) is 0 Å². The molecular weight excluding hydrogens is 285 g/mol. The molecule has 1 unspecified atom stereocenters. The largest absolute Gasteiger partial charge is 0.207 e. The summed E-state index contributed by atoms with van der Waals surface area (Å²) in [5.41, 5.74) is 2.54. The maximum absolute atomic E-state index is 13.9. The highest BCUT2D eigenvalue weighted by atomic mass is 35.5. The number of benzene rings is 2. The van der Waals surface area contributed by atoms with Gasteiger partial charge in [0.1, 0.15) is 5.82 Å². The average Bonchev–Trinajstić information content (AvgIpc) is 2.46. The summed E-state index contributed by atoms with van der Waals surface area (Å²) in [6.07, 6.45) is 0.454. The normalized spacial score (nSPS) is 12.2. The summed E-state index contributed by atoms with van der Waals surface area (Å²) in [6, 6.07) is 14.8. The molecule has 0 aromatic heterocycles. The van der Waals surface area contributed by atoms with Gasteiger partial charge in [-0.1, -0.05) is 55.8 Å². The van der Waals surface area contributed by atoms with E-state index in [1.165, 1.54) is 11.6 Å². The summed E-state index contributed by atoms with van der Waals surface area (Å²) < 4.78 is 13.9. The average molecular weight is 302 g/mol. The molecule has 108 valence electrons. The number of rotatable bonds is 4. The fourth-order valence-electron chi connectivity index (χ4n) is 2.33. The first kappa shape index (κ1) is 15.5. The van der Waals surface area contributed by atoms with E-state index in [1.807, 2.05) is 12.1 Å². The van der Waals surface area contributed by atoms with Crippen molar-refractivity contribution in [2.75, 3.05) is 0 Å². The molecule has 1 atom stereocenters. The molecule has 0 bridgehead atoms. The van der Waals surface area contributed by atoms with Crippen LogP contribution in [0.2, 0.25) is 5.02 Å². The van der Waals surface area contributed by atoms with Crippen LogP contribution in [0.3, 0.4) is 0 Å². The molecule has 0 aliphatic heterocycles. The Balaban J connectivity index is 2.26. The molecule has 0 aliphatic rings. The lowest BCUT2D eigenvalue weighted by Gasteiger charge is -2.13. The smallest absolute Gasteiger partial charge is 0.129 e. The third-order valence-corrected chi connectivity index (χ3v) is 3.92. The van der Waals surface area contributed by atoms with E-state index in [9.17, 15) is 9.65 Å². The quantitative estimate of drug-likeness (QED) is 0.736. The van der Waals surface area contributed by atoms with Crippen LogP contribution in [0.25, 0.3) is 0 Å². The van der Waals surface area contributed by atoms with Crippen LogP contribution in [0.4, 0.5) is 4.39 Å². The summed E-state index contributed by atoms with van der Waals surface area (Å²) in [5.74, 6) is -0.539. The van der Waals surface area contributed by atoms with E-state index in [0.717, 1.165) is 5.56 Å². The van der Waals surface area contributed by atoms with E-state index in [2.05, 4.69) is 32.0 Å². The van der Waals surface area contributed by atoms with Gasteiger partial charge in [-0.25, -0.2) is 4.39 Å². The highest BCUT2D eigenvalue weighted by molar-refractivity contribution is 6.31. The molecule has 0 spiro atoms. The predicted octanol–water partition coefficient (Wildman–Crippen LogP) is 5.45. The Kier molecular flexibility index (Phi) is 4.98. The lowest BCUT2D eigenvalue weighted by Crippen LogP contribution is -2.04. The van der Waals surface area contributed by atoms with Gasteiger partial charge in [0.25, 0.3) is 0 Å². The van der Waals surface area contributed by atoms with Gasteiger partial charge in [0.05, 0.1) is 12.0 Å². The van der Waals surface area contributed by atoms with Crippen molar-refractivity contribution in [1.29, 1.82) is 5.26 Å². The molecule has 0 aliphatic carbocycles. The maximum atomic E-state index is 13.9. The van der Waals surface area contributed by atoms with Crippen molar-refractivity contribution in [3.8, 4) is 6.07 Å². The molecule has 0 fully saturated rings. The van der Waals surface area contributed by atoms with Gasteiger partial charge < -0.3 is 0 Å². The van der Waals surface area contributed by atoms with Gasteiger partial charge in [0.2, 0.25) is 0 Å². The van der Waals surface area contributed by atoms with Crippen LogP contribution in [0.15, 0.2) is 42.5 Å². The van der Waals surface area contributed by atoms with Crippen molar-refractivity contribution in [3.05, 3.63) is 70.0 Å². The van der Waals surface area contributed by atoms with E-state index < -0.39 is 11.7 Å². The molecule has 0 amide bonds. The van der Waals surface area contributed by atoms with Crippen molar-refractivity contribution >= 4 is 11.6 Å². The number of halogens is 2. The molecule has 3 heteroatoms. The van der Waals surface area contributed by atoms with Gasteiger partial charge in [-0.05, 0) is 35.6 Å². The van der Waals surface area contributed by atoms with Crippen LogP contribution in [-0.4, -0.2) is 0 Å². The molecule has 2 aromatic rings. The standard InChI is InChI=1S/C18H17ClFN/c1-12(2)14-8-6-13(7-9-14)10-15(11-21)18-16(19)4-3-5-17(18)20/h3-9,12,15H,10H2,1-2H3. The Bertz CT molecular complexity index is 636. The van der Waals surface area contributed by atoms with Crippen LogP contribution < -0.4 is 0 Å². The first-order valence-corrected chi connectivity index (χ1v) is 7.33. The van der Waals surface area contributed by atoms with Gasteiger partial charge in [0.15, 0.2) is 0 Å². The zero-order chi connectivity index (χ0) is 15.4. The van der Waals surface area contributed by atoms with E-state index >= 15 is 0 Å². The Hall–Kier alpha value is -1.85. The summed E-state index contributed by atoms with van der Waals surface area (Å²) in [6.45, 7) is 4.26. The van der Waals surface area contributed by atoms with Crippen LogP contribution >= 0.6 is 11.6 Å². The molecule has 2 aromatic carbocycles. The first-order chi connectivity index (χ1) is 10.0. The summed E-state index contributed by atoms with van der Waals surface area (Å²) in [5, 5.41) is 9.66. The second-order valence-electron chi connectivity index (χ2n) is 5.42. The van der Waals surface area contributed by atoms with Crippen molar-refractivity contribution in [3.63, 3.8) is 0 Å². The Morgan fingerprint density at radius 2 is 1.81 bits per heavy atom. The van der Waals surface area contributed by atoms with Gasteiger partial charge in [-0.2, -0.15) is 5.26 Å². The fourth-order valence-corrected chi connectivity index (χ4v) is 2.62. The Morgan fingerprint density at radius 3 is 2.33 bits per heavy atom. The lowest BCUT2D eigenvalue weighted by atomic mass is 9.91. The third-order valence-electron chi connectivity index (χ3n) is 3.59. The van der Waals surface area contributed by atoms with Crippen LogP contribution in [0.1, 0.15) is 42.4 Å². The highest BCUT2D eigenvalue weighted by Gasteiger charge is 2.19. The van der Waals surface area contributed by atoms with Crippen molar-refractivity contribution in [2.24, 2.45) is 0 Å². The highest BCUT2D eigenvalue weighted by Crippen LogP contribution is 2.30. The monoisotopic (exact) mass is 301 g/mol. The molecule has 1 nitrogen and oxygen atoms in total. The van der Waals surface area contributed by atoms with Gasteiger partial charge >= 0.3 is 0 Å². The molecule has 0 N–H and O–H groups in total. The molecule has 2 rings (SSSR count). The Labute approximate surface area is 130 Å². The third kappa shape index (κ3) is 3.62. The zero-order valence-corrected chi connectivity index (χ0v) is 12.9. The first-order valence-electron chi connectivity index (χ1n) is 6.95. The molecule has 0 radical (unpaired) electrons. The minimum Gasteiger partial charge on any atom is -0.207 e. The van der Waals surface area contributed by atoms with Crippen LogP contribution in [0.5, 0.6) is 0 Å². The zero-order valence-electron chi connectivity index (χ0n) is 12.1. The van der Waals surface area contributed by atoms with E-state index in [-0.39, 0.29) is 5.56 Å². The number of nitriles is 1. The van der Waals surface area contributed by atoms with Crippen LogP contribution in [0, 0.1) is 17.1 Å². The molecular formula is C18H17ClFN. The fraction of sp³-hybridized carbons (Fsp3) is 0.278. The van der Waals surface area contributed by atoms with Crippen LogP contribution in [-0.2, 0) is 6.42 Å². The predicted molar refractivity (Wildman–Crippen MR) is 84.0 cm³/mol. The maximum Gasteiger partial charge on any atom is 0.129 e. The van der Waals surface area contributed by atoms with Gasteiger partial charge in [0, 0.05) is 10.6 Å². The number of hydrogen-bond donors (Lipinski definition) is 0. The molecule has 0 saturated carbocycles. The SMILES string of the molecule is CC(C)c1ccc(CC(C#N)c2c(F)cccc2Cl)cc1. The van der Waals surface area contributed by atoms with Crippen molar-refractivity contribution in [2.45, 2.75) is 32.1 Å². The molecule has 0 heterocycles. The topological polar surface area (TPSA) is 23.8 Å².